The van der Waals surface area contributed by atoms with Gasteiger partial charge in [-0.3, -0.25) is 14.0 Å². The van der Waals surface area contributed by atoms with Crippen molar-refractivity contribution in [1.29, 1.82) is 0 Å². The first-order valence-electron chi connectivity index (χ1n) is 11.6. The quantitative estimate of drug-likeness (QED) is 0.145. The third-order valence-corrected chi connectivity index (χ3v) is 5.33. The van der Waals surface area contributed by atoms with Gasteiger partial charge in [-0.15, -0.1) is 0 Å². The maximum atomic E-state index is 13.4. The molecule has 0 N–H and O–H groups in total. The minimum absolute atomic E-state index is 0.0253. The number of carbonyl (C=O) groups excluding carboxylic acids is 2. The van der Waals surface area contributed by atoms with Crippen molar-refractivity contribution in [3.05, 3.63) is 76.4 Å². The third kappa shape index (κ3) is 5.74. The highest BCUT2D eigenvalue weighted by Gasteiger charge is 2.20. The summed E-state index contributed by atoms with van der Waals surface area (Å²) < 4.78 is 13.5. The van der Waals surface area contributed by atoms with Gasteiger partial charge < -0.3 is 14.0 Å². The number of carbonyl (C=O) groups is 2. The Morgan fingerprint density at radius 2 is 2.03 bits per heavy atom. The van der Waals surface area contributed by atoms with Crippen molar-refractivity contribution in [2.24, 2.45) is 4.99 Å². The molecule has 1 amide bonds. The molecule has 0 aromatic carbocycles. The number of esters is 1. The number of aromatic nitrogens is 3. The molecular formula is C26H30N4O5. The lowest BCUT2D eigenvalue weighted by Gasteiger charge is -2.15. The van der Waals surface area contributed by atoms with Crippen molar-refractivity contribution in [2.45, 2.75) is 46.6 Å². The second-order valence-electron chi connectivity index (χ2n) is 7.88. The lowest BCUT2D eigenvalue weighted by Crippen LogP contribution is -2.33. The number of amides is 1. The molecule has 0 fully saturated rings. The first-order chi connectivity index (χ1) is 16.9. The van der Waals surface area contributed by atoms with Crippen molar-refractivity contribution < 1.29 is 19.1 Å². The SMILES string of the molecule is C=CC=COCC(=O)N=c1c(C(=O)OCC)cc2c(=O)n3cccc(C)c3nc2n1CCCCC. The zero-order chi connectivity index (χ0) is 25.4. The normalized spacial score (nSPS) is 11.9. The molecule has 184 valence electrons. The van der Waals surface area contributed by atoms with Crippen molar-refractivity contribution in [2.75, 3.05) is 13.2 Å². The Kier molecular flexibility index (Phi) is 8.72. The van der Waals surface area contributed by atoms with Gasteiger partial charge in [0.05, 0.1) is 18.3 Å². The number of pyridine rings is 2. The molecular weight excluding hydrogens is 448 g/mol. The summed E-state index contributed by atoms with van der Waals surface area (Å²) in [4.78, 5) is 48.0. The standard InChI is InChI=1S/C26H30N4O5/c1-5-8-10-13-29-23-19(25(32)30-14-11-12-18(4)22(30)28-23)16-20(26(33)35-7-3)24(29)27-21(31)17-34-15-9-6-2/h6,9,11-12,14-16H,2,5,7-8,10,13,17H2,1,3-4H3. The van der Waals surface area contributed by atoms with Gasteiger partial charge in [-0.05, 0) is 44.0 Å². The Morgan fingerprint density at radius 3 is 2.74 bits per heavy atom. The molecule has 0 saturated carbocycles. The molecule has 0 spiro atoms. The van der Waals surface area contributed by atoms with Gasteiger partial charge >= 0.3 is 5.97 Å². The van der Waals surface area contributed by atoms with Crippen molar-refractivity contribution in [1.82, 2.24) is 14.0 Å². The second-order valence-corrected chi connectivity index (χ2v) is 7.88. The molecule has 3 aromatic rings. The van der Waals surface area contributed by atoms with E-state index in [2.05, 4.69) is 18.5 Å². The van der Waals surface area contributed by atoms with E-state index in [4.69, 9.17) is 14.5 Å². The molecule has 0 aliphatic heterocycles. The molecule has 0 atom stereocenters. The zero-order valence-electron chi connectivity index (χ0n) is 20.3. The minimum atomic E-state index is -0.675. The van der Waals surface area contributed by atoms with Gasteiger partial charge in [0.2, 0.25) is 0 Å². The molecule has 0 aliphatic rings. The topological polar surface area (TPSA) is 104 Å². The van der Waals surface area contributed by atoms with Gasteiger partial charge in [-0.1, -0.05) is 38.5 Å². The van der Waals surface area contributed by atoms with E-state index in [9.17, 15) is 14.4 Å². The van der Waals surface area contributed by atoms with Crippen LogP contribution in [0.15, 0.2) is 59.2 Å². The molecule has 0 aliphatic carbocycles. The summed E-state index contributed by atoms with van der Waals surface area (Å²) in [5.41, 5.74) is 1.47. The number of allylic oxidation sites excluding steroid dienone is 2. The van der Waals surface area contributed by atoms with Crippen molar-refractivity contribution >= 4 is 28.6 Å². The highest BCUT2D eigenvalue weighted by atomic mass is 16.5. The predicted octanol–water partition coefficient (Wildman–Crippen LogP) is 3.47. The van der Waals surface area contributed by atoms with Crippen molar-refractivity contribution in [3.8, 4) is 0 Å². The zero-order valence-corrected chi connectivity index (χ0v) is 20.3. The molecule has 0 radical (unpaired) electrons. The summed E-state index contributed by atoms with van der Waals surface area (Å²) in [6.07, 6.45) is 8.64. The molecule has 3 rings (SSSR count). The van der Waals surface area contributed by atoms with E-state index in [-0.39, 0.29) is 35.2 Å². The van der Waals surface area contributed by atoms with Crippen LogP contribution in [-0.2, 0) is 20.8 Å². The number of unbranched alkanes of at least 4 members (excludes halogenated alkanes) is 2. The van der Waals surface area contributed by atoms with E-state index in [1.54, 1.807) is 29.8 Å². The number of ether oxygens (including phenoxy) is 2. The van der Waals surface area contributed by atoms with Crippen LogP contribution in [0.1, 0.15) is 49.0 Å². The van der Waals surface area contributed by atoms with Crippen LogP contribution in [0.5, 0.6) is 0 Å². The highest BCUT2D eigenvalue weighted by molar-refractivity contribution is 5.93. The fourth-order valence-electron chi connectivity index (χ4n) is 3.68. The van der Waals surface area contributed by atoms with Crippen LogP contribution in [0.3, 0.4) is 0 Å². The van der Waals surface area contributed by atoms with Crippen LogP contribution in [0.2, 0.25) is 0 Å². The van der Waals surface area contributed by atoms with Gasteiger partial charge in [0.25, 0.3) is 11.5 Å². The summed E-state index contributed by atoms with van der Waals surface area (Å²) >= 11 is 0. The largest absolute Gasteiger partial charge is 0.491 e. The maximum Gasteiger partial charge on any atom is 0.341 e. The molecule has 9 heteroatoms. The summed E-state index contributed by atoms with van der Waals surface area (Å²) in [6, 6.07) is 5.05. The Bertz CT molecular complexity index is 1420. The number of hydrogen-bond acceptors (Lipinski definition) is 6. The summed E-state index contributed by atoms with van der Waals surface area (Å²) in [6.45, 7) is 9.38. The number of hydrogen-bond donors (Lipinski definition) is 0. The fourth-order valence-corrected chi connectivity index (χ4v) is 3.68. The van der Waals surface area contributed by atoms with E-state index in [1.165, 1.54) is 22.8 Å². The van der Waals surface area contributed by atoms with Crippen molar-refractivity contribution in [3.63, 3.8) is 0 Å². The summed E-state index contributed by atoms with van der Waals surface area (Å²) in [7, 11) is 0. The van der Waals surface area contributed by atoms with E-state index in [0.717, 1.165) is 24.8 Å². The molecule has 9 nitrogen and oxygen atoms in total. The fraction of sp³-hybridized carbons (Fsp3) is 0.346. The third-order valence-electron chi connectivity index (χ3n) is 5.33. The lowest BCUT2D eigenvalue weighted by atomic mass is 10.2. The van der Waals surface area contributed by atoms with Gasteiger partial charge in [0, 0.05) is 12.7 Å². The maximum absolute atomic E-state index is 13.4. The number of aryl methyl sites for hydroxylation is 2. The van der Waals surface area contributed by atoms with Crippen LogP contribution < -0.4 is 11.0 Å². The molecule has 0 bridgehead atoms. The Hall–Kier alpha value is -4.01. The smallest absolute Gasteiger partial charge is 0.341 e. The molecule has 0 unspecified atom stereocenters. The highest BCUT2D eigenvalue weighted by Crippen LogP contribution is 2.14. The van der Waals surface area contributed by atoms with Crippen LogP contribution >= 0.6 is 0 Å². The van der Waals surface area contributed by atoms with Gasteiger partial charge in [0.15, 0.2) is 12.1 Å². The molecule has 3 heterocycles. The number of rotatable bonds is 10. The van der Waals surface area contributed by atoms with Crippen LogP contribution in [0, 0.1) is 6.92 Å². The first-order valence-corrected chi connectivity index (χ1v) is 11.6. The van der Waals surface area contributed by atoms with E-state index < -0.39 is 11.9 Å². The van der Waals surface area contributed by atoms with Crippen LogP contribution in [0.4, 0.5) is 0 Å². The van der Waals surface area contributed by atoms with Gasteiger partial charge in [0.1, 0.15) is 16.9 Å². The minimum Gasteiger partial charge on any atom is -0.491 e. The number of nitrogens with zero attached hydrogens (tertiary/aromatic N) is 4. The average molecular weight is 479 g/mol. The van der Waals surface area contributed by atoms with E-state index >= 15 is 0 Å². The molecule has 35 heavy (non-hydrogen) atoms. The van der Waals surface area contributed by atoms with Crippen LogP contribution in [0.25, 0.3) is 16.7 Å². The summed E-state index contributed by atoms with van der Waals surface area (Å²) in [5, 5.41) is 0.240. The lowest BCUT2D eigenvalue weighted by molar-refractivity contribution is -0.120. The van der Waals surface area contributed by atoms with Crippen LogP contribution in [-0.4, -0.2) is 39.0 Å². The first kappa shape index (κ1) is 25.6. The van der Waals surface area contributed by atoms with Gasteiger partial charge in [-0.2, -0.15) is 4.99 Å². The number of fused-ring (bicyclic) bond motifs is 2. The Morgan fingerprint density at radius 1 is 1.23 bits per heavy atom. The molecule has 0 saturated heterocycles. The van der Waals surface area contributed by atoms with E-state index in [0.29, 0.717) is 17.8 Å². The van der Waals surface area contributed by atoms with Gasteiger partial charge in [-0.25, -0.2) is 9.78 Å². The monoisotopic (exact) mass is 478 g/mol. The Labute approximate surface area is 203 Å². The second kappa shape index (κ2) is 11.9. The van der Waals surface area contributed by atoms with E-state index in [1.807, 2.05) is 13.0 Å². The molecule has 3 aromatic heterocycles. The summed E-state index contributed by atoms with van der Waals surface area (Å²) in [5.74, 6) is -1.27. The Balaban J connectivity index is 2.37. The predicted molar refractivity (Wildman–Crippen MR) is 133 cm³/mol. The average Bonchev–Trinajstić information content (AvgIpc) is 2.84.